The number of nitrogens with zero attached hydrogens (tertiary/aromatic N) is 2. The van der Waals surface area contributed by atoms with Crippen molar-refractivity contribution in [2.24, 2.45) is 4.99 Å². The fourth-order valence-corrected chi connectivity index (χ4v) is 2.19. The summed E-state index contributed by atoms with van der Waals surface area (Å²) in [7, 11) is 0. The molecule has 21 heavy (non-hydrogen) atoms. The van der Waals surface area contributed by atoms with Crippen molar-refractivity contribution in [2.45, 2.75) is 6.42 Å². The molecule has 3 heteroatoms. The van der Waals surface area contributed by atoms with Crippen molar-refractivity contribution in [1.29, 1.82) is 0 Å². The van der Waals surface area contributed by atoms with Crippen LogP contribution in [0.1, 0.15) is 12.0 Å². The quantitative estimate of drug-likeness (QED) is 0.611. The molecule has 0 atom stereocenters. The molecule has 2 nitrogen and oxygen atoms in total. The minimum Gasteiger partial charge on any atom is -0.507 e. The molecule has 2 aromatic rings. The molecule has 0 aliphatic carbocycles. The molecule has 0 fully saturated rings. The molecule has 1 aliphatic heterocycles. The van der Waals surface area contributed by atoms with Gasteiger partial charge in [0.15, 0.2) is 0 Å². The summed E-state index contributed by atoms with van der Waals surface area (Å²) in [6.45, 7) is 1.77. The van der Waals surface area contributed by atoms with Gasteiger partial charge < -0.3 is 16.0 Å². The fraction of sp³-hybridized carbons (Fsp3) is 0.167. The first kappa shape index (κ1) is 16.1. The van der Waals surface area contributed by atoms with Crippen molar-refractivity contribution < 1.29 is 32.7 Å². The van der Waals surface area contributed by atoms with Gasteiger partial charge in [0, 0.05) is 44.9 Å². The van der Waals surface area contributed by atoms with Gasteiger partial charge in [0.05, 0.1) is 0 Å². The standard InChI is InChI=1S/C18H16N2.Y/c1-3-7-16(8-4-1)15-19-17-11-13-20(14-12-17)18-9-5-2-6-10-18;/h1-10H,11,13-14H2;/q-2;. The second-order valence-corrected chi connectivity index (χ2v) is 4.72. The van der Waals surface area contributed by atoms with Gasteiger partial charge in [0.1, 0.15) is 0 Å². The van der Waals surface area contributed by atoms with E-state index in [1.165, 1.54) is 5.69 Å². The maximum atomic E-state index is 4.41. The summed E-state index contributed by atoms with van der Waals surface area (Å²) in [5, 5.41) is 0. The van der Waals surface area contributed by atoms with Crippen LogP contribution in [0.3, 0.4) is 0 Å². The van der Waals surface area contributed by atoms with E-state index >= 15 is 0 Å². The summed E-state index contributed by atoms with van der Waals surface area (Å²) >= 11 is 0. The van der Waals surface area contributed by atoms with Gasteiger partial charge in [0.2, 0.25) is 0 Å². The summed E-state index contributed by atoms with van der Waals surface area (Å²) in [6.07, 6.45) is 7.34. The molecule has 1 heterocycles. The maximum Gasteiger partial charge on any atom is 0.0342 e. The molecule has 2 aromatic carbocycles. The average molecular weight is 349 g/mol. The first-order chi connectivity index (χ1) is 9.92. The fourth-order valence-electron chi connectivity index (χ4n) is 2.19. The topological polar surface area (TPSA) is 15.6 Å². The van der Waals surface area contributed by atoms with Crippen LogP contribution in [0.2, 0.25) is 0 Å². The summed E-state index contributed by atoms with van der Waals surface area (Å²) in [6, 6.07) is 20.4. The molecule has 0 unspecified atom stereocenters. The van der Waals surface area contributed by atoms with Crippen LogP contribution in [-0.4, -0.2) is 19.3 Å². The zero-order valence-corrected chi connectivity index (χ0v) is 14.7. The summed E-state index contributed by atoms with van der Waals surface area (Å²) in [5.74, 6) is 0. The predicted octanol–water partition coefficient (Wildman–Crippen LogP) is 3.58. The molecule has 0 saturated heterocycles. The van der Waals surface area contributed by atoms with Crippen LogP contribution >= 0.6 is 0 Å². The summed E-state index contributed by atoms with van der Waals surface area (Å²) < 4.78 is 0. The molecule has 0 spiro atoms. The normalized spacial score (nSPS) is 14.7. The molecular weight excluding hydrogens is 333 g/mol. The van der Waals surface area contributed by atoms with Crippen molar-refractivity contribution in [2.75, 3.05) is 18.0 Å². The van der Waals surface area contributed by atoms with E-state index in [2.05, 4.69) is 46.4 Å². The van der Waals surface area contributed by atoms with Gasteiger partial charge in [-0.3, -0.25) is 0 Å². The van der Waals surface area contributed by atoms with Gasteiger partial charge in [-0.15, -0.1) is 36.4 Å². The van der Waals surface area contributed by atoms with Crippen LogP contribution in [0.25, 0.3) is 0 Å². The van der Waals surface area contributed by atoms with Gasteiger partial charge in [-0.05, 0) is 18.3 Å². The first-order valence-corrected chi connectivity index (χ1v) is 6.83. The molecule has 0 amide bonds. The molecule has 0 aromatic heterocycles. The molecule has 0 N–H and O–H groups in total. The number of anilines is 1. The number of aliphatic imine (C=N–C) groups is 1. The predicted molar refractivity (Wildman–Crippen MR) is 83.0 cm³/mol. The van der Waals surface area contributed by atoms with Crippen molar-refractivity contribution >= 4 is 11.9 Å². The zero-order valence-electron chi connectivity index (χ0n) is 11.9. The van der Waals surface area contributed by atoms with Crippen LogP contribution in [0, 0.1) is 6.08 Å². The first-order valence-electron chi connectivity index (χ1n) is 6.83. The Bertz CT molecular complexity index is 606. The van der Waals surface area contributed by atoms with E-state index in [9.17, 15) is 0 Å². The van der Waals surface area contributed by atoms with E-state index in [-0.39, 0.29) is 32.7 Å². The largest absolute Gasteiger partial charge is 0.507 e. The van der Waals surface area contributed by atoms with E-state index in [0.717, 1.165) is 30.8 Å². The van der Waals surface area contributed by atoms with Crippen LogP contribution in [0.15, 0.2) is 71.4 Å². The van der Waals surface area contributed by atoms with E-state index in [1.807, 2.05) is 36.4 Å². The average Bonchev–Trinajstić information content (AvgIpc) is 2.55. The zero-order chi connectivity index (χ0) is 13.6. The van der Waals surface area contributed by atoms with Crippen molar-refractivity contribution in [3.05, 3.63) is 78.0 Å². The third-order valence-electron chi connectivity index (χ3n) is 3.31. The van der Waals surface area contributed by atoms with Crippen molar-refractivity contribution in [3.63, 3.8) is 0 Å². The van der Waals surface area contributed by atoms with Gasteiger partial charge in [0.25, 0.3) is 0 Å². The maximum absolute atomic E-state index is 4.41. The van der Waals surface area contributed by atoms with E-state index < -0.39 is 0 Å². The van der Waals surface area contributed by atoms with Crippen LogP contribution in [-0.2, 0) is 32.7 Å². The van der Waals surface area contributed by atoms with E-state index in [0.29, 0.717) is 0 Å². The van der Waals surface area contributed by atoms with Crippen LogP contribution in [0.4, 0.5) is 5.69 Å². The number of hydrogen-bond donors (Lipinski definition) is 0. The number of benzene rings is 2. The van der Waals surface area contributed by atoms with E-state index in [4.69, 9.17) is 0 Å². The Balaban J connectivity index is 0.00000161. The molecule has 1 aliphatic rings. The van der Waals surface area contributed by atoms with Gasteiger partial charge in [-0.2, -0.15) is 0 Å². The minimum atomic E-state index is 0. The molecule has 3 rings (SSSR count). The Hall–Kier alpha value is -1.25. The Morgan fingerprint density at radius 3 is 2.24 bits per heavy atom. The summed E-state index contributed by atoms with van der Waals surface area (Å²) in [4.78, 5) is 6.72. The van der Waals surface area contributed by atoms with Crippen LogP contribution < -0.4 is 4.90 Å². The van der Waals surface area contributed by atoms with E-state index in [1.54, 1.807) is 0 Å². The number of para-hydroxylation sites is 1. The molecule has 0 bridgehead atoms. The van der Waals surface area contributed by atoms with Crippen molar-refractivity contribution in [3.8, 4) is 0 Å². The SMILES string of the molecule is [C-](=NC1=[C-]CN(c2ccccc2)CC1)c1ccccc1.[Y]. The molecule has 0 saturated carbocycles. The Morgan fingerprint density at radius 1 is 0.952 bits per heavy atom. The van der Waals surface area contributed by atoms with Crippen LogP contribution in [0.5, 0.6) is 0 Å². The Morgan fingerprint density at radius 2 is 1.62 bits per heavy atom. The summed E-state index contributed by atoms with van der Waals surface area (Å²) in [5.41, 5.74) is 3.25. The molecule has 1 radical (unpaired) electrons. The van der Waals surface area contributed by atoms with Gasteiger partial charge >= 0.3 is 0 Å². The molecular formula is C18H16N2Y-2. The van der Waals surface area contributed by atoms with Gasteiger partial charge in [-0.1, -0.05) is 30.7 Å². The third kappa shape index (κ3) is 4.62. The second kappa shape index (κ2) is 8.26. The van der Waals surface area contributed by atoms with Crippen molar-refractivity contribution in [1.82, 2.24) is 0 Å². The second-order valence-electron chi connectivity index (χ2n) is 4.72. The molecule has 103 valence electrons. The Kier molecular flexibility index (Phi) is 6.34. The van der Waals surface area contributed by atoms with Gasteiger partial charge in [-0.25, -0.2) is 5.70 Å². The Labute approximate surface area is 151 Å². The minimum absolute atomic E-state index is 0. The third-order valence-corrected chi connectivity index (χ3v) is 3.31. The number of hydrogen-bond acceptors (Lipinski definition) is 2. The monoisotopic (exact) mass is 349 g/mol. The number of rotatable bonds is 3. The smallest absolute Gasteiger partial charge is 0.0342 e.